The van der Waals surface area contributed by atoms with Crippen molar-refractivity contribution in [3.05, 3.63) is 89.5 Å². The van der Waals surface area contributed by atoms with Crippen LogP contribution < -0.4 is 5.32 Å². The smallest absolute Gasteiger partial charge is 0.238 e. The van der Waals surface area contributed by atoms with Crippen LogP contribution in [0, 0.1) is 13.8 Å². The van der Waals surface area contributed by atoms with E-state index in [1.807, 2.05) is 50.2 Å². The van der Waals surface area contributed by atoms with Gasteiger partial charge in [0.15, 0.2) is 0 Å². The number of carbonyl (C=O) groups is 1. The summed E-state index contributed by atoms with van der Waals surface area (Å²) in [6, 6.07) is 24.7. The van der Waals surface area contributed by atoms with Crippen LogP contribution in [0.5, 0.6) is 0 Å². The molecule has 6 heteroatoms. The number of aryl methyl sites for hydroxylation is 2. The minimum absolute atomic E-state index is 0.0195. The van der Waals surface area contributed by atoms with Crippen LogP contribution in [0.3, 0.4) is 0 Å². The van der Waals surface area contributed by atoms with Crippen molar-refractivity contribution in [3.63, 3.8) is 0 Å². The molecule has 4 rings (SSSR count). The first-order valence-corrected chi connectivity index (χ1v) is 12.7. The molecule has 3 aromatic carbocycles. The lowest BCUT2D eigenvalue weighted by atomic mass is 10.0. The number of nitrogens with one attached hydrogen (secondary N) is 1. The molecule has 1 unspecified atom stereocenters. The first-order chi connectivity index (χ1) is 17.5. The molecule has 1 aliphatic rings. The van der Waals surface area contributed by atoms with Crippen LogP contribution in [0.2, 0.25) is 0 Å². The zero-order valence-electron chi connectivity index (χ0n) is 21.3. The van der Waals surface area contributed by atoms with Gasteiger partial charge in [-0.2, -0.15) is 0 Å². The summed E-state index contributed by atoms with van der Waals surface area (Å²) in [5.74, 6) is 0.0195. The summed E-state index contributed by atoms with van der Waals surface area (Å²) in [4.78, 5) is 17.0. The molecule has 6 nitrogen and oxygen atoms in total. The summed E-state index contributed by atoms with van der Waals surface area (Å²) in [5.41, 5.74) is 6.54. The third-order valence-electron chi connectivity index (χ3n) is 6.69. The second kappa shape index (κ2) is 12.8. The Hall–Kier alpha value is -3.03. The van der Waals surface area contributed by atoms with Crippen LogP contribution in [0.15, 0.2) is 72.8 Å². The van der Waals surface area contributed by atoms with Crippen LogP contribution in [0.4, 0.5) is 5.69 Å². The average molecular weight is 488 g/mol. The number of aliphatic hydroxyl groups is 1. The minimum atomic E-state index is -0.535. The highest BCUT2D eigenvalue weighted by Crippen LogP contribution is 2.20. The number of β-amino-alcohol motifs (C(OH)–C–C–N with tert-alkyl or cyclic N) is 1. The van der Waals surface area contributed by atoms with Gasteiger partial charge in [-0.25, -0.2) is 0 Å². The number of aliphatic hydroxyl groups excluding tert-OH is 1. The van der Waals surface area contributed by atoms with Crippen LogP contribution >= 0.6 is 0 Å². The van der Waals surface area contributed by atoms with Crippen molar-refractivity contribution in [3.8, 4) is 11.1 Å². The molecular formula is C30H37N3O3. The number of nitrogens with zero attached hydrogens (tertiary/aromatic N) is 2. The van der Waals surface area contributed by atoms with Gasteiger partial charge >= 0.3 is 0 Å². The Kier molecular flexibility index (Phi) is 9.25. The van der Waals surface area contributed by atoms with Gasteiger partial charge in [0.1, 0.15) is 0 Å². The fraction of sp³-hybridized carbons (Fsp3) is 0.367. The molecule has 0 radical (unpaired) electrons. The Morgan fingerprint density at radius 2 is 1.47 bits per heavy atom. The lowest BCUT2D eigenvalue weighted by Gasteiger charge is -2.35. The van der Waals surface area contributed by atoms with Crippen molar-refractivity contribution in [1.29, 1.82) is 0 Å². The van der Waals surface area contributed by atoms with Crippen LogP contribution in [-0.2, 0) is 16.1 Å². The zero-order chi connectivity index (χ0) is 25.3. The number of hydrogen-bond donors (Lipinski definition) is 2. The van der Waals surface area contributed by atoms with E-state index in [1.165, 1.54) is 11.1 Å². The number of para-hydroxylation sites is 1. The predicted molar refractivity (Wildman–Crippen MR) is 145 cm³/mol. The van der Waals surface area contributed by atoms with E-state index in [0.29, 0.717) is 26.3 Å². The monoisotopic (exact) mass is 487 g/mol. The molecule has 1 heterocycles. The second-order valence-electron chi connectivity index (χ2n) is 9.62. The van der Waals surface area contributed by atoms with E-state index >= 15 is 0 Å². The highest BCUT2D eigenvalue weighted by Gasteiger charge is 2.21. The number of anilines is 1. The molecule has 190 valence electrons. The van der Waals surface area contributed by atoms with Crippen molar-refractivity contribution < 1.29 is 14.6 Å². The number of ether oxygens (including phenoxy) is 1. The first-order valence-electron chi connectivity index (χ1n) is 12.7. The molecule has 2 N–H and O–H groups in total. The number of piperazine rings is 1. The van der Waals surface area contributed by atoms with Gasteiger partial charge in [0, 0.05) is 38.4 Å². The summed E-state index contributed by atoms with van der Waals surface area (Å²) in [7, 11) is 0. The molecule has 3 aromatic rings. The van der Waals surface area contributed by atoms with E-state index in [1.54, 1.807) is 0 Å². The van der Waals surface area contributed by atoms with E-state index in [-0.39, 0.29) is 5.91 Å². The summed E-state index contributed by atoms with van der Waals surface area (Å²) in [6.45, 7) is 9.04. The fourth-order valence-corrected chi connectivity index (χ4v) is 4.61. The molecule has 36 heavy (non-hydrogen) atoms. The van der Waals surface area contributed by atoms with Gasteiger partial charge < -0.3 is 15.2 Å². The Morgan fingerprint density at radius 3 is 2.14 bits per heavy atom. The molecular weight excluding hydrogens is 450 g/mol. The average Bonchev–Trinajstić information content (AvgIpc) is 2.88. The quantitative estimate of drug-likeness (QED) is 0.451. The van der Waals surface area contributed by atoms with Gasteiger partial charge in [-0.05, 0) is 41.7 Å². The normalized spacial score (nSPS) is 15.5. The molecule has 0 spiro atoms. The second-order valence-corrected chi connectivity index (χ2v) is 9.62. The molecule has 1 fully saturated rings. The van der Waals surface area contributed by atoms with Crippen LogP contribution in [-0.4, -0.2) is 72.8 Å². The number of hydrogen-bond acceptors (Lipinski definition) is 5. The Bertz CT molecular complexity index is 1090. The SMILES string of the molecule is Cc1cccc(C)c1NC(=O)CN1CCN(CC(O)COCc2ccc(-c3ccccc3)cc2)CC1. The number of carbonyl (C=O) groups excluding carboxylic acids is 1. The number of benzene rings is 3. The van der Waals surface area contributed by atoms with E-state index < -0.39 is 6.10 Å². The van der Waals surface area contributed by atoms with Crippen LogP contribution in [0.25, 0.3) is 11.1 Å². The maximum absolute atomic E-state index is 12.5. The van der Waals surface area contributed by atoms with Gasteiger partial charge in [0.05, 0.1) is 25.9 Å². The van der Waals surface area contributed by atoms with Crippen molar-refractivity contribution >= 4 is 11.6 Å². The molecule has 1 aliphatic heterocycles. The Labute approximate surface area is 214 Å². The molecule has 1 saturated heterocycles. The van der Waals surface area contributed by atoms with Crippen molar-refractivity contribution in [2.75, 3.05) is 51.2 Å². The lowest BCUT2D eigenvalue weighted by molar-refractivity contribution is -0.117. The van der Waals surface area contributed by atoms with Gasteiger partial charge in [0.25, 0.3) is 0 Å². The molecule has 0 bridgehead atoms. The lowest BCUT2D eigenvalue weighted by Crippen LogP contribution is -2.50. The minimum Gasteiger partial charge on any atom is -0.389 e. The van der Waals surface area contributed by atoms with E-state index in [9.17, 15) is 9.90 Å². The largest absolute Gasteiger partial charge is 0.389 e. The first kappa shape index (κ1) is 26.0. The highest BCUT2D eigenvalue weighted by atomic mass is 16.5. The zero-order valence-corrected chi connectivity index (χ0v) is 21.3. The Morgan fingerprint density at radius 1 is 0.861 bits per heavy atom. The van der Waals surface area contributed by atoms with E-state index in [2.05, 4.69) is 51.5 Å². The third kappa shape index (κ3) is 7.48. The predicted octanol–water partition coefficient (Wildman–Crippen LogP) is 4.10. The van der Waals surface area contributed by atoms with E-state index in [0.717, 1.165) is 48.6 Å². The summed E-state index contributed by atoms with van der Waals surface area (Å²) < 4.78 is 5.78. The van der Waals surface area contributed by atoms with Gasteiger partial charge in [-0.3, -0.25) is 14.6 Å². The molecule has 1 atom stereocenters. The standard InChI is InChI=1S/C30H37N3O3/c1-23-7-6-8-24(2)30(23)31-29(35)20-33-17-15-32(16-18-33)19-28(34)22-36-21-25-11-13-27(14-12-25)26-9-4-3-5-10-26/h3-14,28,34H,15-22H2,1-2H3,(H,31,35). The van der Waals surface area contributed by atoms with Crippen molar-refractivity contribution in [1.82, 2.24) is 9.80 Å². The molecule has 0 saturated carbocycles. The summed E-state index contributed by atoms with van der Waals surface area (Å²) in [6.07, 6.45) is -0.535. The van der Waals surface area contributed by atoms with Gasteiger partial charge in [0.2, 0.25) is 5.91 Å². The number of amides is 1. The number of rotatable bonds is 10. The maximum Gasteiger partial charge on any atom is 0.238 e. The fourth-order valence-electron chi connectivity index (χ4n) is 4.61. The van der Waals surface area contributed by atoms with E-state index in [4.69, 9.17) is 4.74 Å². The molecule has 0 aliphatic carbocycles. The van der Waals surface area contributed by atoms with Crippen molar-refractivity contribution in [2.24, 2.45) is 0 Å². The summed E-state index contributed by atoms with van der Waals surface area (Å²) >= 11 is 0. The van der Waals surface area contributed by atoms with Gasteiger partial charge in [-0.1, -0.05) is 72.8 Å². The maximum atomic E-state index is 12.5. The highest BCUT2D eigenvalue weighted by molar-refractivity contribution is 5.93. The molecule has 1 amide bonds. The molecule has 0 aromatic heterocycles. The third-order valence-corrected chi connectivity index (χ3v) is 6.69. The van der Waals surface area contributed by atoms with Gasteiger partial charge in [-0.15, -0.1) is 0 Å². The van der Waals surface area contributed by atoms with Crippen molar-refractivity contribution in [2.45, 2.75) is 26.6 Å². The summed E-state index contributed by atoms with van der Waals surface area (Å²) in [5, 5.41) is 13.5. The Balaban J connectivity index is 1.13. The topological polar surface area (TPSA) is 65.0 Å². The van der Waals surface area contributed by atoms with Crippen LogP contribution in [0.1, 0.15) is 16.7 Å².